The molecule has 0 aliphatic carbocycles. The summed E-state index contributed by atoms with van der Waals surface area (Å²) >= 11 is 12.1. The van der Waals surface area contributed by atoms with E-state index >= 15 is 0 Å². The van der Waals surface area contributed by atoms with Crippen molar-refractivity contribution in [3.63, 3.8) is 0 Å². The summed E-state index contributed by atoms with van der Waals surface area (Å²) in [5.41, 5.74) is 2.39. The molecule has 1 saturated heterocycles. The van der Waals surface area contributed by atoms with Crippen LogP contribution in [0.1, 0.15) is 40.0 Å². The first-order valence-corrected chi connectivity index (χ1v) is 11.6. The van der Waals surface area contributed by atoms with Crippen LogP contribution in [0.15, 0.2) is 72.3 Å². The van der Waals surface area contributed by atoms with E-state index in [4.69, 9.17) is 27.9 Å². The van der Waals surface area contributed by atoms with E-state index in [0.29, 0.717) is 21.8 Å². The average Bonchev–Trinajstić information content (AvgIpc) is 3.11. The van der Waals surface area contributed by atoms with Crippen LogP contribution in [-0.2, 0) is 14.3 Å². The molecule has 8 heteroatoms. The van der Waals surface area contributed by atoms with Gasteiger partial charge in [0.25, 0.3) is 11.7 Å². The van der Waals surface area contributed by atoms with Gasteiger partial charge >= 0.3 is 5.97 Å². The smallest absolute Gasteiger partial charge is 0.338 e. The summed E-state index contributed by atoms with van der Waals surface area (Å²) in [6, 6.07) is 17.1. The van der Waals surface area contributed by atoms with Crippen molar-refractivity contribution in [2.24, 2.45) is 0 Å². The zero-order chi connectivity index (χ0) is 25.3. The van der Waals surface area contributed by atoms with Gasteiger partial charge in [0.05, 0.1) is 33.8 Å². The zero-order valence-corrected chi connectivity index (χ0v) is 20.4. The molecule has 0 bridgehead atoms. The van der Waals surface area contributed by atoms with Crippen molar-refractivity contribution < 1.29 is 24.2 Å². The van der Waals surface area contributed by atoms with Gasteiger partial charge in [-0.2, -0.15) is 0 Å². The van der Waals surface area contributed by atoms with Crippen LogP contribution in [0, 0.1) is 6.92 Å². The Labute approximate surface area is 212 Å². The highest BCUT2D eigenvalue weighted by atomic mass is 35.5. The lowest BCUT2D eigenvalue weighted by Gasteiger charge is -2.26. The Morgan fingerprint density at radius 3 is 2.26 bits per heavy atom. The predicted molar refractivity (Wildman–Crippen MR) is 135 cm³/mol. The van der Waals surface area contributed by atoms with Gasteiger partial charge in [0, 0.05) is 11.3 Å². The highest BCUT2D eigenvalue weighted by Crippen LogP contribution is 2.43. The van der Waals surface area contributed by atoms with E-state index in [2.05, 4.69) is 0 Å². The van der Waals surface area contributed by atoms with E-state index in [9.17, 15) is 19.5 Å². The second kappa shape index (κ2) is 9.94. The molecule has 0 aromatic heterocycles. The number of halogens is 2. The van der Waals surface area contributed by atoms with Crippen LogP contribution in [-0.4, -0.2) is 29.4 Å². The third-order valence-electron chi connectivity index (χ3n) is 5.78. The van der Waals surface area contributed by atoms with Crippen LogP contribution in [0.2, 0.25) is 10.0 Å². The first-order valence-electron chi connectivity index (χ1n) is 10.8. The van der Waals surface area contributed by atoms with Crippen molar-refractivity contribution in [3.8, 4) is 0 Å². The number of ether oxygens (including phenoxy) is 1. The summed E-state index contributed by atoms with van der Waals surface area (Å²) in [5.74, 6) is -2.49. The topological polar surface area (TPSA) is 83.9 Å². The molecule has 1 fully saturated rings. The fourth-order valence-corrected chi connectivity index (χ4v) is 4.36. The maximum absolute atomic E-state index is 13.3. The first-order chi connectivity index (χ1) is 16.7. The standard InChI is InChI=1S/C27H21Cl2NO5/c1-3-35-27(34)16-8-11-18(12-9-16)30-23(19-7-5-4-6-15(19)2)22(25(32)26(30)33)24(31)17-10-13-20(28)21(29)14-17/h4-14,23,31H,3H2,1-2H3/b24-22+. The number of anilines is 1. The Morgan fingerprint density at radius 1 is 0.971 bits per heavy atom. The summed E-state index contributed by atoms with van der Waals surface area (Å²) in [4.78, 5) is 39.9. The Balaban J connectivity index is 1.89. The molecule has 1 aliphatic rings. The van der Waals surface area contributed by atoms with Gasteiger partial charge in [0.2, 0.25) is 0 Å². The largest absolute Gasteiger partial charge is 0.507 e. The predicted octanol–water partition coefficient (Wildman–Crippen LogP) is 6.10. The number of aliphatic hydroxyl groups excluding tert-OH is 1. The second-order valence-electron chi connectivity index (χ2n) is 7.92. The van der Waals surface area contributed by atoms with Gasteiger partial charge in [0.1, 0.15) is 5.76 Å². The average molecular weight is 510 g/mol. The highest BCUT2D eigenvalue weighted by molar-refractivity contribution is 6.51. The molecule has 1 unspecified atom stereocenters. The summed E-state index contributed by atoms with van der Waals surface area (Å²) in [6.45, 7) is 3.80. The van der Waals surface area contributed by atoms with Gasteiger partial charge in [-0.25, -0.2) is 4.79 Å². The van der Waals surface area contributed by atoms with Crippen molar-refractivity contribution >= 4 is 52.3 Å². The number of ketones is 1. The maximum atomic E-state index is 13.3. The third-order valence-corrected chi connectivity index (χ3v) is 6.52. The molecule has 3 aromatic rings. The Morgan fingerprint density at radius 2 is 1.63 bits per heavy atom. The van der Waals surface area contributed by atoms with Crippen LogP contribution in [0.3, 0.4) is 0 Å². The van der Waals surface area contributed by atoms with E-state index in [-0.39, 0.29) is 28.5 Å². The second-order valence-corrected chi connectivity index (χ2v) is 8.74. The van der Waals surface area contributed by atoms with Crippen molar-refractivity contribution in [2.75, 3.05) is 11.5 Å². The van der Waals surface area contributed by atoms with Gasteiger partial charge in [-0.3, -0.25) is 14.5 Å². The van der Waals surface area contributed by atoms with Gasteiger partial charge < -0.3 is 9.84 Å². The molecule has 3 aromatic carbocycles. The molecule has 178 valence electrons. The molecule has 0 spiro atoms. The fraction of sp³-hybridized carbons (Fsp3) is 0.148. The maximum Gasteiger partial charge on any atom is 0.338 e. The number of nitrogens with zero attached hydrogens (tertiary/aromatic N) is 1. The quantitative estimate of drug-likeness (QED) is 0.194. The molecule has 1 aliphatic heterocycles. The number of aryl methyl sites for hydroxylation is 1. The molecular weight excluding hydrogens is 489 g/mol. The molecule has 1 amide bonds. The molecule has 35 heavy (non-hydrogen) atoms. The van der Waals surface area contributed by atoms with Gasteiger partial charge in [0.15, 0.2) is 0 Å². The summed E-state index contributed by atoms with van der Waals surface area (Å²) in [5, 5.41) is 11.7. The number of hydrogen-bond donors (Lipinski definition) is 1. The van der Waals surface area contributed by atoms with Gasteiger partial charge in [-0.1, -0.05) is 47.5 Å². The van der Waals surface area contributed by atoms with Gasteiger partial charge in [-0.05, 0) is 67.4 Å². The number of carbonyl (C=O) groups excluding carboxylic acids is 3. The van der Waals surface area contributed by atoms with Crippen LogP contribution >= 0.6 is 23.2 Å². The lowest BCUT2D eigenvalue weighted by molar-refractivity contribution is -0.132. The minimum atomic E-state index is -0.904. The number of rotatable bonds is 5. The molecule has 1 heterocycles. The number of carbonyl (C=O) groups is 3. The Kier molecular flexibility index (Phi) is 6.96. The third kappa shape index (κ3) is 4.55. The van der Waals surface area contributed by atoms with E-state index in [1.807, 2.05) is 19.1 Å². The van der Waals surface area contributed by atoms with Crippen molar-refractivity contribution in [3.05, 3.63) is 105 Å². The first kappa shape index (κ1) is 24.5. The fourth-order valence-electron chi connectivity index (χ4n) is 4.06. The Hall–Kier alpha value is -3.61. The van der Waals surface area contributed by atoms with Crippen molar-refractivity contribution in [2.45, 2.75) is 19.9 Å². The number of aliphatic hydroxyl groups is 1. The van der Waals surface area contributed by atoms with Crippen molar-refractivity contribution in [1.29, 1.82) is 0 Å². The molecule has 0 saturated carbocycles. The number of amides is 1. The number of hydrogen-bond acceptors (Lipinski definition) is 5. The molecule has 6 nitrogen and oxygen atoms in total. The number of Topliss-reactive ketones (excluding diaryl/α,β-unsaturated/α-hetero) is 1. The lowest BCUT2D eigenvalue weighted by atomic mass is 9.92. The number of esters is 1. The van der Waals surface area contributed by atoms with E-state index in [0.717, 1.165) is 5.56 Å². The summed E-state index contributed by atoms with van der Waals surface area (Å²) < 4.78 is 5.02. The summed E-state index contributed by atoms with van der Waals surface area (Å²) in [7, 11) is 0. The molecule has 1 N–H and O–H groups in total. The minimum absolute atomic E-state index is 0.0721. The van der Waals surface area contributed by atoms with Crippen LogP contribution in [0.4, 0.5) is 5.69 Å². The van der Waals surface area contributed by atoms with Gasteiger partial charge in [-0.15, -0.1) is 0 Å². The van der Waals surface area contributed by atoms with Crippen LogP contribution in [0.5, 0.6) is 0 Å². The van der Waals surface area contributed by atoms with E-state index in [1.165, 1.54) is 35.2 Å². The minimum Gasteiger partial charge on any atom is -0.507 e. The normalized spacial score (nSPS) is 17.0. The Bertz CT molecular complexity index is 1360. The number of benzene rings is 3. The zero-order valence-electron chi connectivity index (χ0n) is 18.9. The van der Waals surface area contributed by atoms with Crippen LogP contribution < -0.4 is 4.90 Å². The van der Waals surface area contributed by atoms with Crippen molar-refractivity contribution in [1.82, 2.24) is 0 Å². The van der Waals surface area contributed by atoms with Crippen LogP contribution in [0.25, 0.3) is 5.76 Å². The lowest BCUT2D eigenvalue weighted by Crippen LogP contribution is -2.29. The molecule has 0 radical (unpaired) electrons. The van der Waals surface area contributed by atoms with E-state index < -0.39 is 23.7 Å². The summed E-state index contributed by atoms with van der Waals surface area (Å²) in [6.07, 6.45) is 0. The highest BCUT2D eigenvalue weighted by Gasteiger charge is 2.47. The SMILES string of the molecule is CCOC(=O)c1ccc(N2C(=O)C(=O)/C(=C(/O)c3ccc(Cl)c(Cl)c3)C2c2ccccc2C)cc1. The van der Waals surface area contributed by atoms with E-state index in [1.54, 1.807) is 31.2 Å². The monoisotopic (exact) mass is 509 g/mol. The molecule has 4 rings (SSSR count). The molecular formula is C27H21Cl2NO5. The molecule has 1 atom stereocenters.